The Bertz CT molecular complexity index is 935. The number of benzene rings is 1. The predicted octanol–water partition coefficient (Wildman–Crippen LogP) is 2.52. The Labute approximate surface area is 155 Å². The van der Waals surface area contributed by atoms with Gasteiger partial charge in [-0.05, 0) is 12.1 Å². The lowest BCUT2D eigenvalue weighted by molar-refractivity contribution is 0.0610. The van der Waals surface area contributed by atoms with Crippen molar-refractivity contribution >= 4 is 17.5 Å². The SMILES string of the molecule is Cn1ccnc1C1CNCCN1C(=O)c1cc(-c2cccc(Cl)c2)on1. The standard InChI is InChI=1S/C18H18ClN5O2/c1-23-7-6-21-17(23)15-11-20-5-8-24(15)18(25)14-10-16(26-22-14)12-3-2-4-13(19)9-12/h2-4,6-7,9-10,15,20H,5,8,11H2,1H3. The molecular formula is C18H18ClN5O2. The van der Waals surface area contributed by atoms with Crippen molar-refractivity contribution < 1.29 is 9.32 Å². The van der Waals surface area contributed by atoms with E-state index in [-0.39, 0.29) is 17.6 Å². The number of nitrogens with one attached hydrogen (secondary N) is 1. The molecule has 0 radical (unpaired) electrons. The lowest BCUT2D eigenvalue weighted by atomic mass is 10.1. The van der Waals surface area contributed by atoms with Gasteiger partial charge in [0.15, 0.2) is 11.5 Å². The zero-order valence-corrected chi connectivity index (χ0v) is 15.0. The number of amides is 1. The van der Waals surface area contributed by atoms with Crippen molar-refractivity contribution in [1.29, 1.82) is 0 Å². The fraction of sp³-hybridized carbons (Fsp3) is 0.278. The van der Waals surface area contributed by atoms with Gasteiger partial charge in [-0.2, -0.15) is 0 Å². The lowest BCUT2D eigenvalue weighted by Crippen LogP contribution is -2.49. The summed E-state index contributed by atoms with van der Waals surface area (Å²) in [5.74, 6) is 1.18. The van der Waals surface area contributed by atoms with E-state index in [9.17, 15) is 4.79 Å². The molecule has 26 heavy (non-hydrogen) atoms. The van der Waals surface area contributed by atoms with Crippen molar-refractivity contribution in [3.05, 3.63) is 59.3 Å². The Hall–Kier alpha value is -2.64. The summed E-state index contributed by atoms with van der Waals surface area (Å²) in [5, 5.41) is 7.90. The molecule has 2 aromatic heterocycles. The van der Waals surface area contributed by atoms with Crippen molar-refractivity contribution in [2.24, 2.45) is 7.05 Å². The summed E-state index contributed by atoms with van der Waals surface area (Å²) in [7, 11) is 1.92. The van der Waals surface area contributed by atoms with Gasteiger partial charge in [0.05, 0.1) is 0 Å². The minimum Gasteiger partial charge on any atom is -0.355 e. The zero-order chi connectivity index (χ0) is 18.1. The summed E-state index contributed by atoms with van der Waals surface area (Å²) in [6.07, 6.45) is 3.61. The molecule has 1 aromatic carbocycles. The van der Waals surface area contributed by atoms with E-state index in [1.54, 1.807) is 29.3 Å². The molecule has 0 spiro atoms. The molecule has 1 fully saturated rings. The molecule has 3 heterocycles. The van der Waals surface area contributed by atoms with Crippen LogP contribution in [0.5, 0.6) is 0 Å². The van der Waals surface area contributed by atoms with Gasteiger partial charge in [-0.1, -0.05) is 28.9 Å². The number of carbonyl (C=O) groups is 1. The average molecular weight is 372 g/mol. The summed E-state index contributed by atoms with van der Waals surface area (Å²) in [4.78, 5) is 19.2. The van der Waals surface area contributed by atoms with E-state index in [2.05, 4.69) is 15.5 Å². The van der Waals surface area contributed by atoms with E-state index in [4.69, 9.17) is 16.1 Å². The molecule has 4 rings (SSSR count). The van der Waals surface area contributed by atoms with Gasteiger partial charge >= 0.3 is 0 Å². The van der Waals surface area contributed by atoms with Crippen LogP contribution < -0.4 is 5.32 Å². The predicted molar refractivity (Wildman–Crippen MR) is 96.8 cm³/mol. The average Bonchev–Trinajstić information content (AvgIpc) is 3.30. The van der Waals surface area contributed by atoms with E-state index in [0.717, 1.165) is 17.9 Å². The van der Waals surface area contributed by atoms with Gasteiger partial charge < -0.3 is 19.3 Å². The maximum Gasteiger partial charge on any atom is 0.276 e. The lowest BCUT2D eigenvalue weighted by Gasteiger charge is -2.35. The monoisotopic (exact) mass is 371 g/mol. The summed E-state index contributed by atoms with van der Waals surface area (Å²) in [6.45, 7) is 1.96. The number of nitrogens with zero attached hydrogens (tertiary/aromatic N) is 4. The second kappa shape index (κ2) is 6.93. The third kappa shape index (κ3) is 3.11. The first-order chi connectivity index (χ1) is 12.6. The van der Waals surface area contributed by atoms with E-state index >= 15 is 0 Å². The van der Waals surface area contributed by atoms with Gasteiger partial charge in [0, 0.05) is 55.7 Å². The van der Waals surface area contributed by atoms with Crippen LogP contribution in [0.3, 0.4) is 0 Å². The molecule has 1 amide bonds. The number of rotatable bonds is 3. The minimum absolute atomic E-state index is 0.150. The number of hydrogen-bond acceptors (Lipinski definition) is 5. The molecule has 1 saturated heterocycles. The summed E-state index contributed by atoms with van der Waals surface area (Å²) in [6, 6.07) is 8.76. The molecule has 0 bridgehead atoms. The van der Waals surface area contributed by atoms with E-state index in [1.165, 1.54) is 0 Å². The maximum absolute atomic E-state index is 13.0. The molecule has 1 unspecified atom stereocenters. The summed E-state index contributed by atoms with van der Waals surface area (Å²) in [5.41, 5.74) is 1.06. The molecule has 7 nitrogen and oxygen atoms in total. The van der Waals surface area contributed by atoms with E-state index in [1.807, 2.05) is 29.9 Å². The van der Waals surface area contributed by atoms with Crippen LogP contribution in [0.1, 0.15) is 22.4 Å². The highest BCUT2D eigenvalue weighted by Crippen LogP contribution is 2.26. The molecule has 1 aliphatic rings. The molecule has 8 heteroatoms. The number of halogens is 1. The van der Waals surface area contributed by atoms with Crippen molar-refractivity contribution in [3.63, 3.8) is 0 Å². The molecule has 0 saturated carbocycles. The Balaban J connectivity index is 1.61. The summed E-state index contributed by atoms with van der Waals surface area (Å²) < 4.78 is 7.30. The number of hydrogen-bond donors (Lipinski definition) is 1. The number of aromatic nitrogens is 3. The van der Waals surface area contributed by atoms with Crippen LogP contribution in [0.25, 0.3) is 11.3 Å². The van der Waals surface area contributed by atoms with Gasteiger partial charge in [0.1, 0.15) is 11.9 Å². The highest BCUT2D eigenvalue weighted by atomic mass is 35.5. The van der Waals surface area contributed by atoms with E-state index < -0.39 is 0 Å². The molecule has 1 aliphatic heterocycles. The topological polar surface area (TPSA) is 76.2 Å². The van der Waals surface area contributed by atoms with Crippen LogP contribution in [0, 0.1) is 0 Å². The smallest absolute Gasteiger partial charge is 0.276 e. The molecule has 0 aliphatic carbocycles. The summed E-state index contributed by atoms with van der Waals surface area (Å²) >= 11 is 6.02. The second-order valence-corrected chi connectivity index (χ2v) is 6.64. The Kier molecular flexibility index (Phi) is 4.48. The molecule has 134 valence electrons. The normalized spacial score (nSPS) is 17.5. The zero-order valence-electron chi connectivity index (χ0n) is 14.2. The molecule has 3 aromatic rings. The van der Waals surface area contributed by atoms with Crippen LogP contribution >= 0.6 is 11.6 Å². The van der Waals surface area contributed by atoms with Gasteiger partial charge in [0.25, 0.3) is 5.91 Å². The maximum atomic E-state index is 13.0. The minimum atomic E-state index is -0.170. The van der Waals surface area contributed by atoms with Gasteiger partial charge in [-0.25, -0.2) is 4.98 Å². The van der Waals surface area contributed by atoms with Crippen molar-refractivity contribution in [3.8, 4) is 11.3 Å². The first kappa shape index (κ1) is 16.8. The fourth-order valence-corrected chi connectivity index (χ4v) is 3.37. The van der Waals surface area contributed by atoms with Gasteiger partial charge in [-0.15, -0.1) is 0 Å². The number of piperazine rings is 1. The van der Waals surface area contributed by atoms with Crippen LogP contribution in [-0.4, -0.2) is 45.1 Å². The third-order valence-electron chi connectivity index (χ3n) is 4.50. The fourth-order valence-electron chi connectivity index (χ4n) is 3.18. The Morgan fingerprint density at radius 1 is 1.38 bits per heavy atom. The highest BCUT2D eigenvalue weighted by molar-refractivity contribution is 6.30. The molecular weight excluding hydrogens is 354 g/mol. The van der Waals surface area contributed by atoms with Gasteiger partial charge in [0.2, 0.25) is 0 Å². The highest BCUT2D eigenvalue weighted by Gasteiger charge is 2.32. The Morgan fingerprint density at radius 3 is 3.04 bits per heavy atom. The molecule has 1 N–H and O–H groups in total. The first-order valence-electron chi connectivity index (χ1n) is 8.35. The number of carbonyl (C=O) groups excluding carboxylic acids is 1. The quantitative estimate of drug-likeness (QED) is 0.765. The van der Waals surface area contributed by atoms with E-state index in [0.29, 0.717) is 23.9 Å². The third-order valence-corrected chi connectivity index (χ3v) is 4.73. The largest absolute Gasteiger partial charge is 0.355 e. The Morgan fingerprint density at radius 2 is 2.27 bits per heavy atom. The van der Waals surface area contributed by atoms with Crippen LogP contribution in [0.2, 0.25) is 5.02 Å². The van der Waals surface area contributed by atoms with Crippen molar-refractivity contribution in [1.82, 2.24) is 24.9 Å². The van der Waals surface area contributed by atoms with Crippen molar-refractivity contribution in [2.75, 3.05) is 19.6 Å². The first-order valence-corrected chi connectivity index (χ1v) is 8.73. The molecule has 1 atom stereocenters. The van der Waals surface area contributed by atoms with Gasteiger partial charge in [-0.3, -0.25) is 4.79 Å². The van der Waals surface area contributed by atoms with Crippen molar-refractivity contribution in [2.45, 2.75) is 6.04 Å². The van der Waals surface area contributed by atoms with Crippen LogP contribution in [0.15, 0.2) is 47.2 Å². The second-order valence-electron chi connectivity index (χ2n) is 6.20. The van der Waals surface area contributed by atoms with Crippen LogP contribution in [-0.2, 0) is 7.05 Å². The van der Waals surface area contributed by atoms with Crippen LogP contribution in [0.4, 0.5) is 0 Å². The number of aryl methyl sites for hydroxylation is 1. The number of imidazole rings is 1.